The van der Waals surface area contributed by atoms with Gasteiger partial charge < -0.3 is 19.8 Å². The van der Waals surface area contributed by atoms with Crippen LogP contribution in [0.1, 0.15) is 17.5 Å². The van der Waals surface area contributed by atoms with Crippen LogP contribution in [0.15, 0.2) is 24.3 Å². The number of halogens is 1. The molecule has 3 unspecified atom stereocenters. The van der Waals surface area contributed by atoms with Crippen molar-refractivity contribution in [1.29, 1.82) is 0 Å². The van der Waals surface area contributed by atoms with Crippen molar-refractivity contribution in [3.63, 3.8) is 0 Å². The molecule has 0 saturated carbocycles. The number of phenolic OH excluding ortho intramolecular Hbond substituents is 1. The summed E-state index contributed by atoms with van der Waals surface area (Å²) in [5, 5.41) is 20.6. The molecule has 1 saturated heterocycles. The van der Waals surface area contributed by atoms with Gasteiger partial charge in [-0.1, -0.05) is 18.2 Å². The summed E-state index contributed by atoms with van der Waals surface area (Å²) in [6.07, 6.45) is 5.18. The van der Waals surface area contributed by atoms with Crippen molar-refractivity contribution in [2.45, 2.75) is 36.5 Å². The highest BCUT2D eigenvalue weighted by Crippen LogP contribution is 2.62. The van der Waals surface area contributed by atoms with Crippen LogP contribution in [0.4, 0.5) is 0 Å². The van der Waals surface area contributed by atoms with Crippen molar-refractivity contribution in [3.05, 3.63) is 35.4 Å². The first kappa shape index (κ1) is 14.5. The van der Waals surface area contributed by atoms with E-state index in [9.17, 15) is 10.2 Å². The van der Waals surface area contributed by atoms with Gasteiger partial charge in [0, 0.05) is 22.9 Å². The molecule has 2 bridgehead atoms. The maximum absolute atomic E-state index is 10.4. The van der Waals surface area contributed by atoms with Gasteiger partial charge in [0.2, 0.25) is 0 Å². The van der Waals surface area contributed by atoms with E-state index in [2.05, 4.69) is 18.0 Å². The third-order valence-electron chi connectivity index (χ3n) is 6.15. The summed E-state index contributed by atoms with van der Waals surface area (Å²) < 4.78 is 6.09. The summed E-state index contributed by atoms with van der Waals surface area (Å²) in [6, 6.07) is 4.23. The lowest BCUT2D eigenvalue weighted by molar-refractivity contribution is -0.0453. The van der Waals surface area contributed by atoms with Gasteiger partial charge in [0.15, 0.2) is 11.5 Å². The number of aliphatic hydroxyl groups is 1. The number of aliphatic hydroxyl groups excluding tert-OH is 1. The molecule has 22 heavy (non-hydrogen) atoms. The first-order valence-corrected chi connectivity index (χ1v) is 7.71. The van der Waals surface area contributed by atoms with Gasteiger partial charge in [-0.15, -0.1) is 17.0 Å². The lowest BCUT2D eigenvalue weighted by Crippen LogP contribution is -2.64. The third-order valence-corrected chi connectivity index (χ3v) is 6.15. The molecular weight excluding hydrogens is 346 g/mol. The second kappa shape index (κ2) is 4.49. The zero-order valence-electron chi connectivity index (χ0n) is 12.4. The molecule has 5 rings (SSSR count). The molecule has 0 amide bonds. The van der Waals surface area contributed by atoms with Crippen molar-refractivity contribution in [1.82, 2.24) is 4.90 Å². The number of likely N-dealkylation sites (tertiary alicyclic amines) is 1. The van der Waals surface area contributed by atoms with E-state index in [1.807, 2.05) is 12.1 Å². The van der Waals surface area contributed by atoms with E-state index in [1.165, 1.54) is 11.1 Å². The fourth-order valence-electron chi connectivity index (χ4n) is 5.24. The van der Waals surface area contributed by atoms with E-state index in [1.54, 1.807) is 6.07 Å². The van der Waals surface area contributed by atoms with Crippen LogP contribution in [0.2, 0.25) is 0 Å². The van der Waals surface area contributed by atoms with Crippen LogP contribution >= 0.6 is 17.0 Å². The van der Waals surface area contributed by atoms with Gasteiger partial charge in [0.05, 0.1) is 0 Å². The number of likely N-dealkylation sites (N-methyl/N-ethyl adjacent to an activating group) is 1. The average molecular weight is 366 g/mol. The van der Waals surface area contributed by atoms with E-state index in [0.29, 0.717) is 17.7 Å². The van der Waals surface area contributed by atoms with Crippen molar-refractivity contribution in [3.8, 4) is 11.5 Å². The Bertz CT molecular complexity index is 676. The Morgan fingerprint density at radius 1 is 1.32 bits per heavy atom. The number of hydrogen-bond acceptors (Lipinski definition) is 4. The average Bonchev–Trinajstić information content (AvgIpc) is 2.83. The number of aromatic hydroxyl groups is 1. The molecule has 0 radical (unpaired) electrons. The van der Waals surface area contributed by atoms with E-state index in [-0.39, 0.29) is 34.2 Å². The van der Waals surface area contributed by atoms with E-state index in [0.717, 1.165) is 19.4 Å². The van der Waals surface area contributed by atoms with E-state index >= 15 is 0 Å². The minimum Gasteiger partial charge on any atom is -0.504 e. The second-order valence-electron chi connectivity index (χ2n) is 6.93. The maximum atomic E-state index is 10.4. The van der Waals surface area contributed by atoms with Gasteiger partial charge in [-0.25, -0.2) is 0 Å². The standard InChI is InChI=1S/C17H19NO3.BrH/c1-18-7-6-17-10-3-5-13(20)16(17)21-15-12(19)4-2-9(14(15)17)8-11(10)18;/h2-5,10-11,13,16,19-20H,6-8H2,1H3;1H/t10?,11-,13?,16?,17+;/m1./s1. The van der Waals surface area contributed by atoms with Crippen LogP contribution in [0.5, 0.6) is 11.5 Å². The summed E-state index contributed by atoms with van der Waals surface area (Å²) in [5.74, 6) is 1.19. The first-order chi connectivity index (χ1) is 10.1. The minimum absolute atomic E-state index is 0. The maximum Gasteiger partial charge on any atom is 0.165 e. The third kappa shape index (κ3) is 1.45. The number of nitrogens with zero attached hydrogens (tertiary/aromatic N) is 1. The highest BCUT2D eigenvalue weighted by Gasteiger charge is 2.64. The molecule has 118 valence electrons. The predicted molar refractivity (Wildman–Crippen MR) is 87.9 cm³/mol. The lowest BCUT2D eigenvalue weighted by Gasteiger charge is -2.56. The Hall–Kier alpha value is -1.04. The molecule has 2 aliphatic heterocycles. The van der Waals surface area contributed by atoms with Crippen LogP contribution in [0.25, 0.3) is 0 Å². The molecule has 1 spiro atoms. The van der Waals surface area contributed by atoms with Crippen molar-refractivity contribution in [2.75, 3.05) is 13.6 Å². The zero-order valence-corrected chi connectivity index (χ0v) is 14.1. The van der Waals surface area contributed by atoms with Crippen LogP contribution in [-0.2, 0) is 11.8 Å². The van der Waals surface area contributed by atoms with Crippen LogP contribution in [0.3, 0.4) is 0 Å². The van der Waals surface area contributed by atoms with Crippen LogP contribution in [0, 0.1) is 5.92 Å². The predicted octanol–water partition coefficient (Wildman–Crippen LogP) is 1.78. The van der Waals surface area contributed by atoms with Crippen molar-refractivity contribution in [2.24, 2.45) is 5.92 Å². The summed E-state index contributed by atoms with van der Waals surface area (Å²) in [5.41, 5.74) is 2.29. The molecule has 2 N–H and O–H groups in total. The fraction of sp³-hybridized carbons (Fsp3) is 0.529. The van der Waals surface area contributed by atoms with Gasteiger partial charge in [-0.05, 0) is 38.1 Å². The lowest BCUT2D eigenvalue weighted by atomic mass is 9.53. The second-order valence-corrected chi connectivity index (χ2v) is 6.93. The highest BCUT2D eigenvalue weighted by atomic mass is 79.9. The number of hydrogen-bond donors (Lipinski definition) is 2. The number of rotatable bonds is 0. The molecule has 2 heterocycles. The molecule has 2 aliphatic carbocycles. The van der Waals surface area contributed by atoms with Crippen LogP contribution in [-0.4, -0.2) is 47.0 Å². The topological polar surface area (TPSA) is 52.9 Å². The summed E-state index contributed by atoms with van der Waals surface area (Å²) >= 11 is 0. The smallest absolute Gasteiger partial charge is 0.165 e. The highest BCUT2D eigenvalue weighted by molar-refractivity contribution is 8.93. The first-order valence-electron chi connectivity index (χ1n) is 7.71. The van der Waals surface area contributed by atoms with Gasteiger partial charge >= 0.3 is 0 Å². The largest absolute Gasteiger partial charge is 0.504 e. The summed E-state index contributed by atoms with van der Waals surface area (Å²) in [4.78, 5) is 2.43. The molecule has 1 fully saturated rings. The Labute approximate surface area is 140 Å². The zero-order chi connectivity index (χ0) is 14.4. The number of benzene rings is 1. The number of ether oxygens (including phenoxy) is 1. The fourth-order valence-corrected chi connectivity index (χ4v) is 5.24. The van der Waals surface area contributed by atoms with Gasteiger partial charge in [0.25, 0.3) is 0 Å². The Morgan fingerprint density at radius 2 is 2.14 bits per heavy atom. The van der Waals surface area contributed by atoms with Crippen molar-refractivity contribution < 1.29 is 14.9 Å². The monoisotopic (exact) mass is 365 g/mol. The van der Waals surface area contributed by atoms with Crippen LogP contribution < -0.4 is 4.74 Å². The van der Waals surface area contributed by atoms with E-state index in [4.69, 9.17) is 4.74 Å². The molecule has 1 aromatic carbocycles. The molecule has 5 heteroatoms. The normalized spacial score (nSPS) is 40.6. The molecule has 1 aromatic rings. The number of piperidine rings is 1. The van der Waals surface area contributed by atoms with E-state index < -0.39 is 6.10 Å². The molecule has 4 nitrogen and oxygen atoms in total. The molecular formula is C17H20BrNO3. The Kier molecular flexibility index (Phi) is 2.97. The van der Waals surface area contributed by atoms with Gasteiger partial charge in [0.1, 0.15) is 12.2 Å². The molecule has 4 aliphatic rings. The number of phenols is 1. The van der Waals surface area contributed by atoms with Gasteiger partial charge in [-0.3, -0.25) is 0 Å². The molecule has 0 aromatic heterocycles. The Balaban J connectivity index is 0.00000125. The molecule has 5 atom stereocenters. The SMILES string of the molecule is Br.CN1CC[C@]23c4c5ccc(O)c4OC2C(O)C=CC3[C@H]1C5. The quantitative estimate of drug-likeness (QED) is 0.688. The summed E-state index contributed by atoms with van der Waals surface area (Å²) in [6.45, 7) is 1.01. The Morgan fingerprint density at radius 3 is 2.95 bits per heavy atom. The summed E-state index contributed by atoms with van der Waals surface area (Å²) in [7, 11) is 2.19. The minimum atomic E-state index is -0.594. The van der Waals surface area contributed by atoms with Crippen molar-refractivity contribution >= 4 is 17.0 Å². The van der Waals surface area contributed by atoms with Gasteiger partial charge in [-0.2, -0.15) is 0 Å².